The molecule has 0 radical (unpaired) electrons. The molecule has 0 aromatic heterocycles. The van der Waals surface area contributed by atoms with Gasteiger partial charge in [0.2, 0.25) is 0 Å². The Hall–Kier alpha value is -0.710. The van der Waals surface area contributed by atoms with E-state index in [0.29, 0.717) is 11.6 Å². The van der Waals surface area contributed by atoms with Crippen molar-refractivity contribution in [2.45, 2.75) is 19.9 Å². The fourth-order valence-electron chi connectivity index (χ4n) is 1.86. The summed E-state index contributed by atoms with van der Waals surface area (Å²) in [5.41, 5.74) is 2.11. The molecular weight excluding hydrogens is 417 g/mol. The number of benzene rings is 2. The highest BCUT2D eigenvalue weighted by Gasteiger charge is 2.06. The Morgan fingerprint density at radius 1 is 1.14 bits per heavy atom. The topological polar surface area (TPSA) is 21.3 Å². The third-order valence-corrected chi connectivity index (χ3v) is 4.27. The molecule has 0 aliphatic carbocycles. The van der Waals surface area contributed by atoms with Gasteiger partial charge in [-0.1, -0.05) is 34.5 Å². The van der Waals surface area contributed by atoms with E-state index in [1.807, 2.05) is 30.3 Å². The van der Waals surface area contributed by atoms with Gasteiger partial charge in [-0.2, -0.15) is 0 Å². The summed E-state index contributed by atoms with van der Waals surface area (Å²) < 4.78 is 7.77. The second kappa shape index (κ2) is 8.06. The van der Waals surface area contributed by atoms with Crippen LogP contribution in [0, 0.1) is 0 Å². The van der Waals surface area contributed by atoms with E-state index in [2.05, 4.69) is 50.2 Å². The van der Waals surface area contributed by atoms with Crippen molar-refractivity contribution in [2.75, 3.05) is 11.9 Å². The Morgan fingerprint density at radius 2 is 1.95 bits per heavy atom. The summed E-state index contributed by atoms with van der Waals surface area (Å²) in [6.07, 6.45) is 0.992. The highest BCUT2D eigenvalue weighted by Crippen LogP contribution is 2.28. The van der Waals surface area contributed by atoms with Crippen LogP contribution in [-0.2, 0) is 6.54 Å². The molecule has 0 heterocycles. The van der Waals surface area contributed by atoms with Gasteiger partial charge in [0.1, 0.15) is 5.75 Å². The molecule has 2 rings (SSSR count). The van der Waals surface area contributed by atoms with Gasteiger partial charge in [0.15, 0.2) is 0 Å². The lowest BCUT2D eigenvalue weighted by Crippen LogP contribution is -2.04. The molecule has 21 heavy (non-hydrogen) atoms. The number of nitrogens with one attached hydrogen (secondary N) is 1. The molecular formula is C16H16Br2ClNO. The molecule has 2 aromatic rings. The molecule has 0 spiro atoms. The molecule has 0 aliphatic heterocycles. The number of hydrogen-bond donors (Lipinski definition) is 1. The quantitative estimate of drug-likeness (QED) is 0.580. The van der Waals surface area contributed by atoms with Gasteiger partial charge in [0.25, 0.3) is 0 Å². The van der Waals surface area contributed by atoms with Gasteiger partial charge in [-0.15, -0.1) is 0 Å². The second-order valence-electron chi connectivity index (χ2n) is 4.58. The summed E-state index contributed by atoms with van der Waals surface area (Å²) in [5.74, 6) is 0.914. The van der Waals surface area contributed by atoms with Crippen LogP contribution < -0.4 is 10.1 Å². The van der Waals surface area contributed by atoms with Crippen molar-refractivity contribution >= 4 is 49.1 Å². The first kappa shape index (κ1) is 16.7. The van der Waals surface area contributed by atoms with Crippen LogP contribution in [0.5, 0.6) is 5.75 Å². The van der Waals surface area contributed by atoms with Crippen molar-refractivity contribution in [3.05, 3.63) is 55.9 Å². The Kier molecular flexibility index (Phi) is 6.40. The third kappa shape index (κ3) is 4.90. The summed E-state index contributed by atoms with van der Waals surface area (Å²) in [7, 11) is 0. The van der Waals surface area contributed by atoms with Crippen LogP contribution in [0.3, 0.4) is 0 Å². The molecule has 1 N–H and O–H groups in total. The van der Waals surface area contributed by atoms with E-state index in [0.717, 1.165) is 39.0 Å². The van der Waals surface area contributed by atoms with Gasteiger partial charge in [0.05, 0.1) is 6.61 Å². The van der Waals surface area contributed by atoms with Gasteiger partial charge in [-0.3, -0.25) is 0 Å². The first-order valence-corrected chi connectivity index (χ1v) is 8.66. The number of hydrogen-bond acceptors (Lipinski definition) is 2. The lowest BCUT2D eigenvalue weighted by Gasteiger charge is -2.14. The van der Waals surface area contributed by atoms with Crippen molar-refractivity contribution < 1.29 is 4.74 Å². The van der Waals surface area contributed by atoms with Crippen molar-refractivity contribution in [3.63, 3.8) is 0 Å². The summed E-state index contributed by atoms with van der Waals surface area (Å²) in [6.45, 7) is 3.50. The number of halogens is 3. The second-order valence-corrected chi connectivity index (χ2v) is 6.78. The maximum atomic E-state index is 5.95. The van der Waals surface area contributed by atoms with E-state index in [1.165, 1.54) is 0 Å². The maximum absolute atomic E-state index is 5.95. The molecule has 5 heteroatoms. The highest BCUT2D eigenvalue weighted by atomic mass is 79.9. The Balaban J connectivity index is 2.12. The monoisotopic (exact) mass is 431 g/mol. The predicted molar refractivity (Wildman–Crippen MR) is 96.4 cm³/mol. The van der Waals surface area contributed by atoms with E-state index in [-0.39, 0.29) is 0 Å². The molecule has 0 saturated carbocycles. The molecule has 0 saturated heterocycles. The van der Waals surface area contributed by atoms with Gasteiger partial charge in [-0.05, 0) is 58.7 Å². The first-order chi connectivity index (χ1) is 10.1. The zero-order valence-corrected chi connectivity index (χ0v) is 15.6. The number of ether oxygens (including phenoxy) is 1. The Bertz CT molecular complexity index is 619. The summed E-state index contributed by atoms with van der Waals surface area (Å²) in [6, 6.07) is 11.8. The fraction of sp³-hybridized carbons (Fsp3) is 0.250. The lowest BCUT2D eigenvalue weighted by atomic mass is 10.2. The number of rotatable bonds is 6. The van der Waals surface area contributed by atoms with Crippen LogP contribution >= 0.6 is 43.5 Å². The smallest absolute Gasteiger partial charge is 0.124 e. The molecule has 112 valence electrons. The molecule has 2 nitrogen and oxygen atoms in total. The van der Waals surface area contributed by atoms with Gasteiger partial charge < -0.3 is 10.1 Å². The van der Waals surface area contributed by atoms with E-state index >= 15 is 0 Å². The SMILES string of the molecule is CCCOc1ccc(Br)cc1CNc1ccc(Cl)cc1Br. The Labute approximate surface area is 147 Å². The van der Waals surface area contributed by atoms with Gasteiger partial charge in [-0.25, -0.2) is 0 Å². The van der Waals surface area contributed by atoms with E-state index in [4.69, 9.17) is 16.3 Å². The minimum absolute atomic E-state index is 0.679. The maximum Gasteiger partial charge on any atom is 0.124 e. The third-order valence-electron chi connectivity index (χ3n) is 2.88. The van der Waals surface area contributed by atoms with Crippen LogP contribution in [0.2, 0.25) is 5.02 Å². The minimum atomic E-state index is 0.679. The van der Waals surface area contributed by atoms with Crippen molar-refractivity contribution in [1.29, 1.82) is 0 Å². The normalized spacial score (nSPS) is 10.5. The largest absolute Gasteiger partial charge is 0.493 e. The van der Waals surface area contributed by atoms with E-state index in [1.54, 1.807) is 0 Å². The average molecular weight is 434 g/mol. The summed E-state index contributed by atoms with van der Waals surface area (Å²) >= 11 is 13.0. The fourth-order valence-corrected chi connectivity index (χ4v) is 3.09. The first-order valence-electron chi connectivity index (χ1n) is 6.70. The molecule has 0 bridgehead atoms. The van der Waals surface area contributed by atoms with Crippen molar-refractivity contribution in [2.24, 2.45) is 0 Å². The van der Waals surface area contributed by atoms with Gasteiger partial charge >= 0.3 is 0 Å². The molecule has 0 unspecified atom stereocenters. The molecule has 0 aliphatic rings. The number of anilines is 1. The standard InChI is InChI=1S/C16H16Br2ClNO/c1-2-7-21-16-6-3-12(17)8-11(16)10-20-15-5-4-13(19)9-14(15)18/h3-6,8-9,20H,2,7,10H2,1H3. The molecule has 0 amide bonds. The molecule has 2 aromatic carbocycles. The average Bonchev–Trinajstić information content (AvgIpc) is 2.45. The van der Waals surface area contributed by atoms with E-state index < -0.39 is 0 Å². The zero-order valence-electron chi connectivity index (χ0n) is 11.6. The summed E-state index contributed by atoms with van der Waals surface area (Å²) in [5, 5.41) is 4.10. The minimum Gasteiger partial charge on any atom is -0.493 e. The van der Waals surface area contributed by atoms with Crippen LogP contribution in [0.4, 0.5) is 5.69 Å². The summed E-state index contributed by atoms with van der Waals surface area (Å²) in [4.78, 5) is 0. The molecule has 0 atom stereocenters. The Morgan fingerprint density at radius 3 is 2.67 bits per heavy atom. The van der Waals surface area contributed by atoms with Crippen LogP contribution in [0.25, 0.3) is 0 Å². The van der Waals surface area contributed by atoms with Crippen LogP contribution in [0.15, 0.2) is 45.3 Å². The highest BCUT2D eigenvalue weighted by molar-refractivity contribution is 9.10. The van der Waals surface area contributed by atoms with Crippen LogP contribution in [-0.4, -0.2) is 6.61 Å². The van der Waals surface area contributed by atoms with Crippen molar-refractivity contribution in [3.8, 4) is 5.75 Å². The van der Waals surface area contributed by atoms with Crippen LogP contribution in [0.1, 0.15) is 18.9 Å². The lowest BCUT2D eigenvalue weighted by molar-refractivity contribution is 0.314. The van der Waals surface area contributed by atoms with Gasteiger partial charge in [0, 0.05) is 31.8 Å². The van der Waals surface area contributed by atoms with E-state index in [9.17, 15) is 0 Å². The van der Waals surface area contributed by atoms with Crippen molar-refractivity contribution in [1.82, 2.24) is 0 Å². The molecule has 0 fully saturated rings. The predicted octanol–water partition coefficient (Wildman–Crippen LogP) is 6.27. The zero-order chi connectivity index (χ0) is 15.2.